The molecule has 1 aliphatic rings. The monoisotopic (exact) mass is 288 g/mol. The van der Waals surface area contributed by atoms with Gasteiger partial charge in [0.2, 0.25) is 0 Å². The predicted octanol–water partition coefficient (Wildman–Crippen LogP) is 4.05. The van der Waals surface area contributed by atoms with Crippen LogP contribution in [-0.4, -0.2) is 24.5 Å². The van der Waals surface area contributed by atoms with Gasteiger partial charge in [0, 0.05) is 13.1 Å². The van der Waals surface area contributed by atoms with E-state index in [9.17, 15) is 0 Å². The summed E-state index contributed by atoms with van der Waals surface area (Å²) in [5.41, 5.74) is 3.49. The highest BCUT2D eigenvalue weighted by molar-refractivity contribution is 5.27. The zero-order valence-corrected chi connectivity index (χ0v) is 14.3. The van der Waals surface area contributed by atoms with Crippen molar-refractivity contribution in [2.45, 2.75) is 53.6 Å². The number of rotatable bonds is 6. The Morgan fingerprint density at radius 3 is 2.33 bits per heavy atom. The number of piperidine rings is 1. The van der Waals surface area contributed by atoms with E-state index in [0.717, 1.165) is 19.6 Å². The van der Waals surface area contributed by atoms with Gasteiger partial charge in [-0.15, -0.1) is 0 Å². The average Bonchev–Trinajstić information content (AvgIpc) is 2.42. The first kappa shape index (κ1) is 16.5. The molecule has 0 atom stereocenters. The van der Waals surface area contributed by atoms with Gasteiger partial charge in [-0.25, -0.2) is 0 Å². The van der Waals surface area contributed by atoms with E-state index < -0.39 is 0 Å². The Labute approximate surface area is 130 Å². The van der Waals surface area contributed by atoms with Gasteiger partial charge in [-0.2, -0.15) is 0 Å². The summed E-state index contributed by atoms with van der Waals surface area (Å²) in [6.07, 6.45) is 2.64. The number of hydrogen-bond donors (Lipinski definition) is 1. The highest BCUT2D eigenvalue weighted by Gasteiger charge is 2.25. The zero-order valence-electron chi connectivity index (χ0n) is 14.3. The Morgan fingerprint density at radius 2 is 1.71 bits per heavy atom. The van der Waals surface area contributed by atoms with Crippen molar-refractivity contribution in [1.82, 2.24) is 10.2 Å². The minimum atomic E-state index is 0.537. The van der Waals surface area contributed by atoms with Crippen molar-refractivity contribution >= 4 is 0 Å². The van der Waals surface area contributed by atoms with E-state index in [1.807, 2.05) is 0 Å². The number of nitrogens with zero attached hydrogens (tertiary/aromatic N) is 1. The van der Waals surface area contributed by atoms with Crippen molar-refractivity contribution in [3.63, 3.8) is 0 Å². The van der Waals surface area contributed by atoms with Crippen molar-refractivity contribution in [3.05, 3.63) is 35.4 Å². The lowest BCUT2D eigenvalue weighted by Gasteiger charge is -2.37. The van der Waals surface area contributed by atoms with Gasteiger partial charge in [-0.05, 0) is 54.9 Å². The summed E-state index contributed by atoms with van der Waals surface area (Å²) in [5, 5.41) is 3.57. The van der Waals surface area contributed by atoms with Crippen LogP contribution in [-0.2, 0) is 13.1 Å². The molecule has 2 heteroatoms. The van der Waals surface area contributed by atoms with Crippen LogP contribution in [0.4, 0.5) is 0 Å². The Balaban J connectivity index is 1.91. The van der Waals surface area contributed by atoms with Gasteiger partial charge in [0.15, 0.2) is 0 Å². The molecule has 1 aliphatic heterocycles. The second-order valence-corrected chi connectivity index (χ2v) is 7.73. The summed E-state index contributed by atoms with van der Waals surface area (Å²) >= 11 is 0. The normalized spacial score (nSPS) is 19.1. The maximum atomic E-state index is 3.57. The highest BCUT2D eigenvalue weighted by atomic mass is 15.1. The lowest BCUT2D eigenvalue weighted by molar-refractivity contribution is 0.127. The standard InChI is InChI=1S/C19H32N2/c1-16(2)13-20-14-17-7-5-6-8-18(17)15-21-11-9-19(3,4)10-12-21/h5-8,16,20H,9-15H2,1-4H3. The molecule has 0 amide bonds. The second-order valence-electron chi connectivity index (χ2n) is 7.73. The van der Waals surface area contributed by atoms with Crippen LogP contribution in [0.15, 0.2) is 24.3 Å². The third-order valence-corrected chi connectivity index (χ3v) is 4.59. The summed E-state index contributed by atoms with van der Waals surface area (Å²) in [4.78, 5) is 2.62. The van der Waals surface area contributed by atoms with Gasteiger partial charge < -0.3 is 5.32 Å². The summed E-state index contributed by atoms with van der Waals surface area (Å²) in [6.45, 7) is 15.0. The number of hydrogen-bond acceptors (Lipinski definition) is 2. The first-order valence-electron chi connectivity index (χ1n) is 8.46. The fourth-order valence-electron chi connectivity index (χ4n) is 2.94. The molecule has 0 aliphatic carbocycles. The number of benzene rings is 1. The van der Waals surface area contributed by atoms with Crippen LogP contribution in [0.5, 0.6) is 0 Å². The Hall–Kier alpha value is -0.860. The van der Waals surface area contributed by atoms with Gasteiger partial charge in [0.25, 0.3) is 0 Å². The molecule has 0 bridgehead atoms. The summed E-state index contributed by atoms with van der Waals surface area (Å²) < 4.78 is 0. The van der Waals surface area contributed by atoms with Gasteiger partial charge in [0.1, 0.15) is 0 Å². The van der Waals surface area contributed by atoms with Crippen LogP contribution in [0.25, 0.3) is 0 Å². The molecule has 1 saturated heterocycles. The molecule has 2 nitrogen and oxygen atoms in total. The predicted molar refractivity (Wildman–Crippen MR) is 91.3 cm³/mol. The summed E-state index contributed by atoms with van der Waals surface area (Å²) in [5.74, 6) is 0.710. The van der Waals surface area contributed by atoms with Gasteiger partial charge in [0.05, 0.1) is 0 Å². The van der Waals surface area contributed by atoms with Crippen LogP contribution in [0, 0.1) is 11.3 Å². The molecule has 1 fully saturated rings. The van der Waals surface area contributed by atoms with Crippen LogP contribution in [0.3, 0.4) is 0 Å². The minimum Gasteiger partial charge on any atom is -0.312 e. The molecule has 0 unspecified atom stereocenters. The molecule has 1 aromatic carbocycles. The van der Waals surface area contributed by atoms with E-state index >= 15 is 0 Å². The number of likely N-dealkylation sites (tertiary alicyclic amines) is 1. The largest absolute Gasteiger partial charge is 0.312 e. The number of nitrogens with one attached hydrogen (secondary N) is 1. The molecule has 118 valence electrons. The van der Waals surface area contributed by atoms with E-state index in [1.54, 1.807) is 0 Å². The van der Waals surface area contributed by atoms with Crippen molar-refractivity contribution in [1.29, 1.82) is 0 Å². The van der Waals surface area contributed by atoms with Crippen molar-refractivity contribution in [3.8, 4) is 0 Å². The summed E-state index contributed by atoms with van der Waals surface area (Å²) in [6, 6.07) is 8.91. The zero-order chi connectivity index (χ0) is 15.3. The van der Waals surface area contributed by atoms with E-state index in [-0.39, 0.29) is 0 Å². The molecule has 0 spiro atoms. The minimum absolute atomic E-state index is 0.537. The molecule has 0 radical (unpaired) electrons. The van der Waals surface area contributed by atoms with Gasteiger partial charge in [-0.1, -0.05) is 52.0 Å². The summed E-state index contributed by atoms with van der Waals surface area (Å²) in [7, 11) is 0. The Kier molecular flexibility index (Phi) is 5.83. The molecule has 21 heavy (non-hydrogen) atoms. The van der Waals surface area contributed by atoms with E-state index in [2.05, 4.69) is 62.2 Å². The smallest absolute Gasteiger partial charge is 0.0236 e. The van der Waals surface area contributed by atoms with E-state index in [0.29, 0.717) is 11.3 Å². The van der Waals surface area contributed by atoms with Crippen molar-refractivity contribution in [2.24, 2.45) is 11.3 Å². The first-order valence-corrected chi connectivity index (χ1v) is 8.46. The molecule has 1 aromatic rings. The molecular formula is C19H32N2. The lowest BCUT2D eigenvalue weighted by atomic mass is 9.82. The fraction of sp³-hybridized carbons (Fsp3) is 0.684. The Bertz CT molecular complexity index is 427. The lowest BCUT2D eigenvalue weighted by Crippen LogP contribution is -2.37. The first-order chi connectivity index (χ1) is 9.96. The molecule has 0 aromatic heterocycles. The van der Waals surface area contributed by atoms with E-state index in [4.69, 9.17) is 0 Å². The SMILES string of the molecule is CC(C)CNCc1ccccc1CN1CCC(C)(C)CC1. The molecule has 0 saturated carbocycles. The van der Waals surface area contributed by atoms with Gasteiger partial charge in [-0.3, -0.25) is 4.90 Å². The maximum absolute atomic E-state index is 3.57. The van der Waals surface area contributed by atoms with Crippen LogP contribution >= 0.6 is 0 Å². The molecule has 1 N–H and O–H groups in total. The third kappa shape index (κ3) is 5.44. The maximum Gasteiger partial charge on any atom is 0.0236 e. The topological polar surface area (TPSA) is 15.3 Å². The van der Waals surface area contributed by atoms with Crippen LogP contribution in [0.2, 0.25) is 0 Å². The Morgan fingerprint density at radius 1 is 1.10 bits per heavy atom. The molecule has 2 rings (SSSR count). The fourth-order valence-corrected chi connectivity index (χ4v) is 2.94. The van der Waals surface area contributed by atoms with Gasteiger partial charge >= 0.3 is 0 Å². The third-order valence-electron chi connectivity index (χ3n) is 4.59. The van der Waals surface area contributed by atoms with Crippen LogP contribution < -0.4 is 5.32 Å². The quantitative estimate of drug-likeness (QED) is 0.849. The van der Waals surface area contributed by atoms with Crippen LogP contribution in [0.1, 0.15) is 51.7 Å². The second kappa shape index (κ2) is 7.42. The van der Waals surface area contributed by atoms with Crippen molar-refractivity contribution < 1.29 is 0 Å². The van der Waals surface area contributed by atoms with E-state index in [1.165, 1.54) is 37.1 Å². The molecule has 1 heterocycles. The average molecular weight is 288 g/mol. The molecular weight excluding hydrogens is 256 g/mol. The highest BCUT2D eigenvalue weighted by Crippen LogP contribution is 2.30. The van der Waals surface area contributed by atoms with Crippen molar-refractivity contribution in [2.75, 3.05) is 19.6 Å².